The van der Waals surface area contributed by atoms with Crippen molar-refractivity contribution in [3.05, 3.63) is 62.8 Å². The smallest absolute Gasteiger partial charge is 0.331 e. The Bertz CT molecular complexity index is 759. The normalized spacial score (nSPS) is 10.4. The molecule has 2 aromatic rings. The fraction of sp³-hybridized carbons (Fsp3) is 0.0625. The van der Waals surface area contributed by atoms with Crippen LogP contribution >= 0.6 is 27.3 Å². The third-order valence-electron chi connectivity index (χ3n) is 2.67. The summed E-state index contributed by atoms with van der Waals surface area (Å²) in [5.41, 5.74) is 5.21. The van der Waals surface area contributed by atoms with Gasteiger partial charge in [-0.2, -0.15) is 0 Å². The number of halogens is 1. The zero-order chi connectivity index (χ0) is 17.4. The van der Waals surface area contributed by atoms with Crippen molar-refractivity contribution in [3.63, 3.8) is 0 Å². The maximum absolute atomic E-state index is 11.6. The molecule has 124 valence electrons. The number of amides is 2. The molecule has 0 unspecified atom stereocenters. The molecule has 0 atom stereocenters. The average Bonchev–Trinajstić information content (AvgIpc) is 3.10. The molecular formula is C16H13BrN2O4S. The predicted molar refractivity (Wildman–Crippen MR) is 94.1 cm³/mol. The zero-order valence-corrected chi connectivity index (χ0v) is 14.7. The predicted octanol–water partition coefficient (Wildman–Crippen LogP) is 2.53. The number of ether oxygens (including phenoxy) is 1. The van der Waals surface area contributed by atoms with Crippen LogP contribution in [0.3, 0.4) is 0 Å². The molecule has 0 saturated heterocycles. The van der Waals surface area contributed by atoms with Crippen LogP contribution in [0.4, 0.5) is 0 Å². The van der Waals surface area contributed by atoms with E-state index in [0.717, 1.165) is 10.0 Å². The highest BCUT2D eigenvalue weighted by atomic mass is 79.9. The molecule has 2 N–H and O–H groups in total. The number of hydrazine groups is 1. The van der Waals surface area contributed by atoms with Gasteiger partial charge >= 0.3 is 5.97 Å². The van der Waals surface area contributed by atoms with Crippen LogP contribution in [-0.4, -0.2) is 24.4 Å². The summed E-state index contributed by atoms with van der Waals surface area (Å²) in [6.07, 6.45) is 2.79. The van der Waals surface area contributed by atoms with Crippen LogP contribution < -0.4 is 10.9 Å². The fourth-order valence-electron chi connectivity index (χ4n) is 1.59. The Hall–Kier alpha value is -2.45. The summed E-state index contributed by atoms with van der Waals surface area (Å²) in [6.45, 7) is -0.494. The van der Waals surface area contributed by atoms with E-state index in [-0.39, 0.29) is 0 Å². The lowest BCUT2D eigenvalue weighted by molar-refractivity contribution is -0.144. The van der Waals surface area contributed by atoms with E-state index in [1.807, 2.05) is 24.3 Å². The Balaban J connectivity index is 1.71. The lowest BCUT2D eigenvalue weighted by atomic mass is 10.2. The maximum Gasteiger partial charge on any atom is 0.331 e. The third-order valence-corrected chi connectivity index (χ3v) is 4.03. The van der Waals surface area contributed by atoms with Gasteiger partial charge in [-0.25, -0.2) is 4.79 Å². The van der Waals surface area contributed by atoms with E-state index in [1.54, 1.807) is 23.6 Å². The monoisotopic (exact) mass is 408 g/mol. The Morgan fingerprint density at radius 3 is 2.71 bits per heavy atom. The molecule has 1 aromatic carbocycles. The van der Waals surface area contributed by atoms with Gasteiger partial charge in [-0.05, 0) is 35.2 Å². The van der Waals surface area contributed by atoms with Crippen molar-refractivity contribution in [3.8, 4) is 0 Å². The van der Waals surface area contributed by atoms with Crippen LogP contribution in [-0.2, 0) is 14.3 Å². The minimum absolute atomic E-state index is 0.431. The molecule has 0 bridgehead atoms. The second-order valence-corrected chi connectivity index (χ2v) is 6.34. The van der Waals surface area contributed by atoms with E-state index in [2.05, 4.69) is 26.8 Å². The number of hydrogen-bond acceptors (Lipinski definition) is 5. The second kappa shape index (κ2) is 8.99. The van der Waals surface area contributed by atoms with Crippen molar-refractivity contribution in [2.24, 2.45) is 0 Å². The van der Waals surface area contributed by atoms with Gasteiger partial charge in [0.2, 0.25) is 0 Å². The minimum Gasteiger partial charge on any atom is -0.452 e. The number of thiophene rings is 1. The first-order valence-electron chi connectivity index (χ1n) is 6.77. The highest BCUT2D eigenvalue weighted by molar-refractivity contribution is 9.10. The van der Waals surface area contributed by atoms with Gasteiger partial charge in [0, 0.05) is 10.5 Å². The molecule has 0 radical (unpaired) electrons. The molecule has 2 rings (SSSR count). The van der Waals surface area contributed by atoms with E-state index < -0.39 is 24.4 Å². The largest absolute Gasteiger partial charge is 0.452 e. The van der Waals surface area contributed by atoms with Crippen LogP contribution in [0.15, 0.2) is 52.3 Å². The molecule has 2 amide bonds. The lowest BCUT2D eigenvalue weighted by Gasteiger charge is -2.06. The van der Waals surface area contributed by atoms with Gasteiger partial charge in [-0.1, -0.05) is 34.1 Å². The van der Waals surface area contributed by atoms with Gasteiger partial charge in [-0.3, -0.25) is 20.4 Å². The molecule has 6 nitrogen and oxygen atoms in total. The Morgan fingerprint density at radius 2 is 2.00 bits per heavy atom. The standard InChI is InChI=1S/C16H13BrN2O4S/c17-12-4-1-3-11(9-12)6-7-15(21)23-10-14(20)18-19-16(22)13-5-2-8-24-13/h1-9H,10H2,(H,18,20)(H,19,22). The van der Waals surface area contributed by atoms with Gasteiger partial charge in [-0.15, -0.1) is 11.3 Å². The number of nitrogens with one attached hydrogen (secondary N) is 2. The van der Waals surface area contributed by atoms with Crippen LogP contribution in [0.1, 0.15) is 15.2 Å². The molecule has 1 aromatic heterocycles. The number of carbonyl (C=O) groups is 3. The lowest BCUT2D eigenvalue weighted by Crippen LogP contribution is -2.43. The Kier molecular flexibility index (Phi) is 6.71. The quantitative estimate of drug-likeness (QED) is 0.452. The zero-order valence-electron chi connectivity index (χ0n) is 12.3. The van der Waals surface area contributed by atoms with Gasteiger partial charge < -0.3 is 4.74 Å². The van der Waals surface area contributed by atoms with E-state index in [9.17, 15) is 14.4 Å². The second-order valence-electron chi connectivity index (χ2n) is 4.48. The number of rotatable bonds is 5. The van der Waals surface area contributed by atoms with Gasteiger partial charge in [0.15, 0.2) is 6.61 Å². The minimum atomic E-state index is -0.658. The molecule has 8 heteroatoms. The molecule has 0 aliphatic carbocycles. The topological polar surface area (TPSA) is 84.5 Å². The summed E-state index contributed by atoms with van der Waals surface area (Å²) in [5, 5.41) is 1.75. The van der Waals surface area contributed by atoms with Crippen molar-refractivity contribution in [1.29, 1.82) is 0 Å². The van der Waals surface area contributed by atoms with E-state index >= 15 is 0 Å². The first kappa shape index (κ1) is 17.9. The number of benzene rings is 1. The molecule has 0 fully saturated rings. The van der Waals surface area contributed by atoms with Gasteiger partial charge in [0.25, 0.3) is 11.8 Å². The van der Waals surface area contributed by atoms with Crippen molar-refractivity contribution in [2.75, 3.05) is 6.61 Å². The summed E-state index contributed by atoms with van der Waals surface area (Å²) >= 11 is 4.57. The Morgan fingerprint density at radius 1 is 1.17 bits per heavy atom. The van der Waals surface area contributed by atoms with Crippen LogP contribution in [0.25, 0.3) is 6.08 Å². The summed E-state index contributed by atoms with van der Waals surface area (Å²) < 4.78 is 5.67. The van der Waals surface area contributed by atoms with Crippen molar-refractivity contribution in [1.82, 2.24) is 10.9 Å². The van der Waals surface area contributed by atoms with Crippen molar-refractivity contribution in [2.45, 2.75) is 0 Å². The molecule has 0 aliphatic rings. The molecule has 24 heavy (non-hydrogen) atoms. The fourth-order valence-corrected chi connectivity index (χ4v) is 2.63. The van der Waals surface area contributed by atoms with Crippen molar-refractivity contribution >= 4 is 51.1 Å². The van der Waals surface area contributed by atoms with Gasteiger partial charge in [0.1, 0.15) is 0 Å². The maximum atomic E-state index is 11.6. The molecule has 0 spiro atoms. The van der Waals surface area contributed by atoms with E-state index in [1.165, 1.54) is 17.4 Å². The molecular weight excluding hydrogens is 396 g/mol. The third kappa shape index (κ3) is 5.98. The molecule has 0 aliphatic heterocycles. The van der Waals surface area contributed by atoms with Gasteiger partial charge in [0.05, 0.1) is 4.88 Å². The first-order chi connectivity index (χ1) is 11.5. The average molecular weight is 409 g/mol. The van der Waals surface area contributed by atoms with Crippen LogP contribution in [0.5, 0.6) is 0 Å². The van der Waals surface area contributed by atoms with E-state index in [4.69, 9.17) is 4.74 Å². The summed E-state index contributed by atoms with van der Waals surface area (Å²) in [4.78, 5) is 35.1. The molecule has 0 saturated carbocycles. The number of hydrogen-bond donors (Lipinski definition) is 2. The van der Waals surface area contributed by atoms with Crippen LogP contribution in [0, 0.1) is 0 Å². The van der Waals surface area contributed by atoms with Crippen LogP contribution in [0.2, 0.25) is 0 Å². The SMILES string of the molecule is O=C(COC(=O)C=Cc1cccc(Br)c1)NNC(=O)c1cccs1. The summed E-state index contributed by atoms with van der Waals surface area (Å²) in [6, 6.07) is 10.7. The highest BCUT2D eigenvalue weighted by Crippen LogP contribution is 2.12. The van der Waals surface area contributed by atoms with E-state index in [0.29, 0.717) is 4.88 Å². The molecule has 1 heterocycles. The number of esters is 1. The first-order valence-corrected chi connectivity index (χ1v) is 8.45. The summed E-state index contributed by atoms with van der Waals surface area (Å²) in [7, 11) is 0. The highest BCUT2D eigenvalue weighted by Gasteiger charge is 2.09. The summed E-state index contributed by atoms with van der Waals surface area (Å²) in [5.74, 6) is -1.72. The number of carbonyl (C=O) groups excluding carboxylic acids is 3. The van der Waals surface area contributed by atoms with Crippen molar-refractivity contribution < 1.29 is 19.1 Å². The Labute approximate surface area is 150 Å².